The lowest BCUT2D eigenvalue weighted by atomic mass is 10.1. The summed E-state index contributed by atoms with van der Waals surface area (Å²) in [4.78, 5) is 12.1. The van der Waals surface area contributed by atoms with E-state index in [0.29, 0.717) is 32.8 Å². The van der Waals surface area contributed by atoms with Crippen molar-refractivity contribution >= 4 is 34.1 Å². The normalized spacial score (nSPS) is 10.8. The molecule has 0 unspecified atom stereocenters. The first kappa shape index (κ1) is 22.0. The van der Waals surface area contributed by atoms with Gasteiger partial charge in [0.1, 0.15) is 5.75 Å². The van der Waals surface area contributed by atoms with E-state index in [0.717, 1.165) is 17.5 Å². The van der Waals surface area contributed by atoms with Gasteiger partial charge in [-0.15, -0.1) is 20.4 Å². The van der Waals surface area contributed by atoms with E-state index in [2.05, 4.69) is 32.6 Å². The van der Waals surface area contributed by atoms with Gasteiger partial charge in [0, 0.05) is 5.56 Å². The molecule has 4 aromatic rings. The summed E-state index contributed by atoms with van der Waals surface area (Å²) in [6.45, 7) is 3.98. The van der Waals surface area contributed by atoms with Crippen LogP contribution in [-0.4, -0.2) is 32.9 Å². The van der Waals surface area contributed by atoms with Crippen molar-refractivity contribution in [2.45, 2.75) is 30.4 Å². The third-order valence-corrected chi connectivity index (χ3v) is 6.47. The fourth-order valence-corrected chi connectivity index (χ4v) is 4.41. The van der Waals surface area contributed by atoms with Crippen molar-refractivity contribution in [3.05, 3.63) is 65.5 Å². The van der Waals surface area contributed by atoms with Crippen LogP contribution in [0.2, 0.25) is 0 Å². The second-order valence-corrected chi connectivity index (χ2v) is 9.01. The minimum absolute atomic E-state index is 0.100. The van der Waals surface area contributed by atoms with Gasteiger partial charge >= 0.3 is 0 Å². The van der Waals surface area contributed by atoms with Gasteiger partial charge in [-0.1, -0.05) is 60.4 Å². The third kappa shape index (κ3) is 5.71. The molecule has 10 heteroatoms. The van der Waals surface area contributed by atoms with Crippen molar-refractivity contribution in [2.75, 3.05) is 11.9 Å². The second-order valence-electron chi connectivity index (χ2n) is 6.81. The third-order valence-electron chi connectivity index (χ3n) is 4.52. The molecule has 4 rings (SSSR count). The minimum atomic E-state index is -0.294. The van der Waals surface area contributed by atoms with E-state index in [-0.39, 0.29) is 12.5 Å². The number of nitrogens with zero attached hydrogens (tertiary/aromatic N) is 4. The molecule has 0 aliphatic heterocycles. The number of nitrogens with one attached hydrogen (secondary N) is 1. The standard InChI is InChI=1S/C22H21N5O3S2/c1-3-15-8-10-16(11-9-15)29-12-18(28)23-21-26-27-22(32-21)31-13-19-24-25-20(30-19)17-7-5-4-6-14(17)2/h4-11H,3,12-13H2,1-2H3,(H,23,26,28). The molecule has 2 aromatic heterocycles. The maximum atomic E-state index is 12.1. The number of hydrogen-bond donors (Lipinski definition) is 1. The van der Waals surface area contributed by atoms with Gasteiger partial charge < -0.3 is 9.15 Å². The van der Waals surface area contributed by atoms with E-state index in [9.17, 15) is 4.79 Å². The maximum absolute atomic E-state index is 12.1. The molecule has 2 aromatic carbocycles. The van der Waals surface area contributed by atoms with Gasteiger partial charge in [0.15, 0.2) is 10.9 Å². The average Bonchev–Trinajstić information content (AvgIpc) is 3.46. The van der Waals surface area contributed by atoms with Crippen molar-refractivity contribution in [1.82, 2.24) is 20.4 Å². The molecule has 0 aliphatic carbocycles. The van der Waals surface area contributed by atoms with Crippen LogP contribution in [0.5, 0.6) is 5.75 Å². The Bertz CT molecular complexity index is 1190. The molecule has 0 saturated heterocycles. The van der Waals surface area contributed by atoms with E-state index < -0.39 is 0 Å². The Kier molecular flexibility index (Phi) is 7.13. The number of amides is 1. The highest BCUT2D eigenvalue weighted by Gasteiger charge is 2.13. The zero-order valence-corrected chi connectivity index (χ0v) is 19.2. The van der Waals surface area contributed by atoms with Crippen LogP contribution in [0.4, 0.5) is 5.13 Å². The Morgan fingerprint density at radius 3 is 2.69 bits per heavy atom. The number of rotatable bonds is 9. The fraction of sp³-hybridized carbons (Fsp3) is 0.227. The minimum Gasteiger partial charge on any atom is -0.484 e. The van der Waals surface area contributed by atoms with Crippen molar-refractivity contribution in [3.8, 4) is 17.2 Å². The number of carbonyl (C=O) groups excluding carboxylic acids is 1. The molecule has 0 fully saturated rings. The topological polar surface area (TPSA) is 103 Å². The SMILES string of the molecule is CCc1ccc(OCC(=O)Nc2nnc(SCc3nnc(-c4ccccc4C)o3)s2)cc1. The van der Waals surface area contributed by atoms with Crippen LogP contribution in [0, 0.1) is 6.92 Å². The molecular formula is C22H21N5O3S2. The Hall–Kier alpha value is -3.24. The van der Waals surface area contributed by atoms with Crippen LogP contribution < -0.4 is 10.1 Å². The van der Waals surface area contributed by atoms with Crippen LogP contribution in [0.3, 0.4) is 0 Å². The molecule has 2 heterocycles. The molecule has 0 aliphatic rings. The lowest BCUT2D eigenvalue weighted by Crippen LogP contribution is -2.20. The number of aryl methyl sites for hydroxylation is 2. The van der Waals surface area contributed by atoms with E-state index >= 15 is 0 Å². The number of aromatic nitrogens is 4. The summed E-state index contributed by atoms with van der Waals surface area (Å²) in [6.07, 6.45) is 0.957. The fourth-order valence-electron chi connectivity index (χ4n) is 2.80. The predicted molar refractivity (Wildman–Crippen MR) is 124 cm³/mol. The summed E-state index contributed by atoms with van der Waals surface area (Å²) in [6, 6.07) is 15.5. The number of benzene rings is 2. The first-order valence-corrected chi connectivity index (χ1v) is 11.8. The average molecular weight is 468 g/mol. The highest BCUT2D eigenvalue weighted by atomic mass is 32.2. The first-order chi connectivity index (χ1) is 15.6. The lowest BCUT2D eigenvalue weighted by molar-refractivity contribution is -0.118. The quantitative estimate of drug-likeness (QED) is 0.277. The van der Waals surface area contributed by atoms with Crippen molar-refractivity contribution in [3.63, 3.8) is 0 Å². The smallest absolute Gasteiger partial charge is 0.264 e. The molecule has 0 bridgehead atoms. The summed E-state index contributed by atoms with van der Waals surface area (Å²) in [5.41, 5.74) is 3.20. The van der Waals surface area contributed by atoms with E-state index in [4.69, 9.17) is 9.15 Å². The molecular weight excluding hydrogens is 446 g/mol. The highest BCUT2D eigenvalue weighted by Crippen LogP contribution is 2.29. The van der Waals surface area contributed by atoms with Crippen LogP contribution >= 0.6 is 23.1 Å². The Morgan fingerprint density at radius 2 is 1.91 bits per heavy atom. The summed E-state index contributed by atoms with van der Waals surface area (Å²) in [5.74, 6) is 1.80. The Morgan fingerprint density at radius 1 is 1.09 bits per heavy atom. The number of anilines is 1. The second kappa shape index (κ2) is 10.4. The van der Waals surface area contributed by atoms with Gasteiger partial charge in [0.05, 0.1) is 5.75 Å². The van der Waals surface area contributed by atoms with Crippen molar-refractivity contribution < 1.29 is 13.9 Å². The number of thioether (sulfide) groups is 1. The first-order valence-electron chi connectivity index (χ1n) is 9.97. The van der Waals surface area contributed by atoms with Crippen molar-refractivity contribution in [2.24, 2.45) is 0 Å². The zero-order valence-electron chi connectivity index (χ0n) is 17.6. The lowest BCUT2D eigenvalue weighted by Gasteiger charge is -2.06. The molecule has 1 amide bonds. The Labute approximate surface area is 193 Å². The van der Waals surface area contributed by atoms with E-state index in [1.807, 2.05) is 55.5 Å². The van der Waals surface area contributed by atoms with Crippen LogP contribution in [0.15, 0.2) is 57.3 Å². The monoisotopic (exact) mass is 467 g/mol. The van der Waals surface area contributed by atoms with Crippen molar-refractivity contribution in [1.29, 1.82) is 0 Å². The summed E-state index contributed by atoms with van der Waals surface area (Å²) in [7, 11) is 0. The molecule has 0 radical (unpaired) electrons. The molecule has 1 N–H and O–H groups in total. The molecule has 0 saturated carbocycles. The largest absolute Gasteiger partial charge is 0.484 e. The number of carbonyl (C=O) groups is 1. The van der Waals surface area contributed by atoms with Gasteiger partial charge in [-0.3, -0.25) is 10.1 Å². The van der Waals surface area contributed by atoms with Gasteiger partial charge in [-0.05, 0) is 42.7 Å². The maximum Gasteiger partial charge on any atom is 0.264 e. The molecule has 32 heavy (non-hydrogen) atoms. The molecule has 0 atom stereocenters. The Balaban J connectivity index is 1.26. The molecule has 0 spiro atoms. The van der Waals surface area contributed by atoms with Crippen LogP contribution in [0.1, 0.15) is 23.9 Å². The van der Waals surface area contributed by atoms with E-state index in [1.165, 1.54) is 28.7 Å². The van der Waals surface area contributed by atoms with E-state index in [1.54, 1.807) is 0 Å². The zero-order chi connectivity index (χ0) is 22.3. The molecule has 164 valence electrons. The summed E-state index contributed by atoms with van der Waals surface area (Å²) >= 11 is 2.69. The number of ether oxygens (including phenoxy) is 1. The highest BCUT2D eigenvalue weighted by molar-refractivity contribution is 8.00. The number of hydrogen-bond acceptors (Lipinski definition) is 9. The van der Waals surface area contributed by atoms with Gasteiger partial charge in [0.2, 0.25) is 16.9 Å². The van der Waals surface area contributed by atoms with Gasteiger partial charge in [-0.2, -0.15) is 0 Å². The summed E-state index contributed by atoms with van der Waals surface area (Å²) in [5, 5.41) is 19.4. The van der Waals surface area contributed by atoms with Gasteiger partial charge in [-0.25, -0.2) is 0 Å². The molecule has 8 nitrogen and oxygen atoms in total. The van der Waals surface area contributed by atoms with Crippen LogP contribution in [-0.2, 0) is 17.0 Å². The van der Waals surface area contributed by atoms with Crippen LogP contribution in [0.25, 0.3) is 11.5 Å². The summed E-state index contributed by atoms with van der Waals surface area (Å²) < 4.78 is 12.0. The predicted octanol–water partition coefficient (Wildman–Crippen LogP) is 4.77. The van der Waals surface area contributed by atoms with Gasteiger partial charge in [0.25, 0.3) is 5.91 Å².